The maximum absolute atomic E-state index is 12.4. The summed E-state index contributed by atoms with van der Waals surface area (Å²) in [5, 5.41) is 13.5. The van der Waals surface area contributed by atoms with Crippen molar-refractivity contribution in [3.63, 3.8) is 0 Å². The molecule has 2 amide bonds. The number of hydrogen-bond donors (Lipinski definition) is 1. The fourth-order valence-corrected chi connectivity index (χ4v) is 3.51. The normalized spacial score (nSPS) is 15.1. The molecule has 11 heteroatoms. The van der Waals surface area contributed by atoms with E-state index in [1.165, 1.54) is 23.1 Å². The van der Waals surface area contributed by atoms with Crippen LogP contribution in [0.2, 0.25) is 0 Å². The van der Waals surface area contributed by atoms with Gasteiger partial charge in [0.05, 0.1) is 22.5 Å². The Morgan fingerprint density at radius 3 is 2.49 bits per heavy atom. The van der Waals surface area contributed by atoms with Gasteiger partial charge >= 0.3 is 11.9 Å². The summed E-state index contributed by atoms with van der Waals surface area (Å²) in [6.07, 6.45) is -0.339. The Hall–Kier alpha value is -4.28. The second kappa shape index (κ2) is 10.8. The maximum atomic E-state index is 12.4. The molecule has 1 aliphatic rings. The molecule has 0 bridgehead atoms. The molecule has 0 radical (unpaired) electrons. The molecule has 1 fully saturated rings. The first-order chi connectivity index (χ1) is 16.5. The van der Waals surface area contributed by atoms with Crippen molar-refractivity contribution in [1.82, 2.24) is 0 Å². The van der Waals surface area contributed by atoms with Crippen molar-refractivity contribution < 1.29 is 33.6 Å². The summed E-state index contributed by atoms with van der Waals surface area (Å²) >= 11 is 0. The highest BCUT2D eigenvalue weighted by atomic mass is 16.6. The Bertz CT molecular complexity index is 1160. The van der Waals surface area contributed by atoms with Crippen molar-refractivity contribution in [2.24, 2.45) is 5.92 Å². The number of nitrogens with zero attached hydrogens (tertiary/aromatic N) is 2. The van der Waals surface area contributed by atoms with Crippen molar-refractivity contribution in [3.8, 4) is 0 Å². The first-order valence-electron chi connectivity index (χ1n) is 10.9. The van der Waals surface area contributed by atoms with Crippen LogP contribution < -0.4 is 10.2 Å². The lowest BCUT2D eigenvalue weighted by Crippen LogP contribution is -2.28. The van der Waals surface area contributed by atoms with Crippen molar-refractivity contribution in [1.29, 1.82) is 0 Å². The summed E-state index contributed by atoms with van der Waals surface area (Å²) < 4.78 is 10.2. The number of hydrogen-bond acceptors (Lipinski definition) is 8. The number of amides is 2. The molecule has 2 aromatic carbocycles. The van der Waals surface area contributed by atoms with Gasteiger partial charge in [0.15, 0.2) is 6.61 Å². The molecule has 1 aliphatic heterocycles. The molecule has 0 saturated carbocycles. The summed E-state index contributed by atoms with van der Waals surface area (Å²) in [5.74, 6) is -2.90. The zero-order valence-electron chi connectivity index (χ0n) is 19.5. The van der Waals surface area contributed by atoms with Crippen LogP contribution in [0.5, 0.6) is 0 Å². The summed E-state index contributed by atoms with van der Waals surface area (Å²) in [4.78, 5) is 60.9. The van der Waals surface area contributed by atoms with Crippen LogP contribution >= 0.6 is 0 Å². The molecular formula is C24H25N3O8. The lowest BCUT2D eigenvalue weighted by Gasteiger charge is -2.17. The van der Waals surface area contributed by atoms with Gasteiger partial charge in [0.1, 0.15) is 0 Å². The fourth-order valence-electron chi connectivity index (χ4n) is 3.51. The van der Waals surface area contributed by atoms with Crippen LogP contribution in [0.25, 0.3) is 0 Å². The quantitative estimate of drug-likeness (QED) is 0.343. The minimum absolute atomic E-state index is 0.0687. The van der Waals surface area contributed by atoms with Crippen LogP contribution in [0.1, 0.15) is 36.2 Å². The minimum atomic E-state index is -0.763. The maximum Gasteiger partial charge on any atom is 0.338 e. The molecule has 3 rings (SSSR count). The van der Waals surface area contributed by atoms with E-state index in [-0.39, 0.29) is 36.4 Å². The highest BCUT2D eigenvalue weighted by Gasteiger charge is 2.36. The van der Waals surface area contributed by atoms with Crippen LogP contribution in [0.3, 0.4) is 0 Å². The summed E-state index contributed by atoms with van der Waals surface area (Å²) in [5.41, 5.74) is 1.36. The Morgan fingerprint density at radius 1 is 1.17 bits per heavy atom. The Labute approximate surface area is 201 Å². The van der Waals surface area contributed by atoms with Gasteiger partial charge in [-0.2, -0.15) is 0 Å². The number of nitro benzene ring substituents is 1. The van der Waals surface area contributed by atoms with Crippen LogP contribution in [0.15, 0.2) is 42.5 Å². The van der Waals surface area contributed by atoms with E-state index in [4.69, 9.17) is 9.47 Å². The van der Waals surface area contributed by atoms with E-state index < -0.39 is 35.3 Å². The number of rotatable bonds is 8. The third-order valence-electron chi connectivity index (χ3n) is 5.25. The number of esters is 2. The average molecular weight is 483 g/mol. The number of carbonyl (C=O) groups excluding carboxylic acids is 4. The van der Waals surface area contributed by atoms with E-state index in [0.717, 1.165) is 0 Å². The summed E-state index contributed by atoms with van der Waals surface area (Å²) in [6, 6.07) is 10.5. The van der Waals surface area contributed by atoms with E-state index >= 15 is 0 Å². The average Bonchev–Trinajstić information content (AvgIpc) is 3.20. The molecule has 35 heavy (non-hydrogen) atoms. The molecule has 184 valence electrons. The summed E-state index contributed by atoms with van der Waals surface area (Å²) in [7, 11) is 0. The number of benzene rings is 2. The highest BCUT2D eigenvalue weighted by molar-refractivity contribution is 6.00. The lowest BCUT2D eigenvalue weighted by atomic mass is 10.1. The number of nitro groups is 1. The lowest BCUT2D eigenvalue weighted by molar-refractivity contribution is -0.385. The van der Waals surface area contributed by atoms with E-state index in [0.29, 0.717) is 16.8 Å². The third-order valence-corrected chi connectivity index (χ3v) is 5.25. The van der Waals surface area contributed by atoms with Crippen LogP contribution in [-0.2, 0) is 23.9 Å². The second-order valence-corrected chi connectivity index (χ2v) is 8.32. The molecule has 11 nitrogen and oxygen atoms in total. The SMILES string of the molecule is Cc1ccc(NC(=O)COC(=O)[C@H]2CC(=O)N(c3ccc(C(=O)OC(C)C)cc3)C2)cc1[N+](=O)[O-]. The van der Waals surface area contributed by atoms with Gasteiger partial charge in [0, 0.05) is 36.0 Å². The molecule has 0 unspecified atom stereocenters. The van der Waals surface area contributed by atoms with Crippen molar-refractivity contribution in [2.45, 2.75) is 33.3 Å². The van der Waals surface area contributed by atoms with Gasteiger partial charge in [-0.1, -0.05) is 6.07 Å². The highest BCUT2D eigenvalue weighted by Crippen LogP contribution is 2.27. The van der Waals surface area contributed by atoms with E-state index in [1.54, 1.807) is 45.0 Å². The monoisotopic (exact) mass is 483 g/mol. The van der Waals surface area contributed by atoms with Crippen molar-refractivity contribution in [3.05, 3.63) is 63.7 Å². The molecule has 1 heterocycles. The summed E-state index contributed by atoms with van der Waals surface area (Å²) in [6.45, 7) is 4.53. The minimum Gasteiger partial charge on any atom is -0.459 e. The Morgan fingerprint density at radius 2 is 1.86 bits per heavy atom. The molecule has 1 N–H and O–H groups in total. The molecule has 2 aromatic rings. The molecular weight excluding hydrogens is 458 g/mol. The van der Waals surface area contributed by atoms with Gasteiger partial charge in [0.25, 0.3) is 11.6 Å². The van der Waals surface area contributed by atoms with Gasteiger partial charge < -0.3 is 19.7 Å². The standard InChI is InChI=1S/C24H25N3O8/c1-14(2)35-24(31)16-5-8-19(9-6-16)26-12-17(10-22(26)29)23(30)34-13-21(28)25-18-7-4-15(3)20(11-18)27(32)33/h4-9,11,14,17H,10,12-13H2,1-3H3,(H,25,28)/t17-/m0/s1. The third kappa shape index (κ3) is 6.40. The van der Waals surface area contributed by atoms with Crippen LogP contribution in [0.4, 0.5) is 17.1 Å². The van der Waals surface area contributed by atoms with Gasteiger partial charge in [-0.05, 0) is 51.1 Å². The number of nitrogens with one attached hydrogen (secondary N) is 1. The second-order valence-electron chi connectivity index (χ2n) is 8.32. The Balaban J connectivity index is 1.53. The van der Waals surface area contributed by atoms with Gasteiger partial charge in [-0.25, -0.2) is 4.79 Å². The predicted octanol–water partition coefficient (Wildman–Crippen LogP) is 3.00. The first-order valence-corrected chi connectivity index (χ1v) is 10.9. The number of carbonyl (C=O) groups is 4. The molecule has 0 spiro atoms. The fraction of sp³-hybridized carbons (Fsp3) is 0.333. The van der Waals surface area contributed by atoms with Crippen molar-refractivity contribution in [2.75, 3.05) is 23.4 Å². The van der Waals surface area contributed by atoms with E-state index in [9.17, 15) is 29.3 Å². The van der Waals surface area contributed by atoms with E-state index in [1.807, 2.05) is 0 Å². The van der Waals surface area contributed by atoms with Gasteiger partial charge in [0.2, 0.25) is 5.91 Å². The largest absolute Gasteiger partial charge is 0.459 e. The number of ether oxygens (including phenoxy) is 2. The Kier molecular flexibility index (Phi) is 7.80. The molecule has 1 saturated heterocycles. The number of anilines is 2. The van der Waals surface area contributed by atoms with Crippen LogP contribution in [-0.4, -0.2) is 47.9 Å². The van der Waals surface area contributed by atoms with Gasteiger partial charge in [-0.15, -0.1) is 0 Å². The molecule has 0 aliphatic carbocycles. The van der Waals surface area contributed by atoms with Crippen LogP contribution in [0, 0.1) is 23.0 Å². The van der Waals surface area contributed by atoms with E-state index in [2.05, 4.69) is 5.32 Å². The topological polar surface area (TPSA) is 145 Å². The van der Waals surface area contributed by atoms with Crippen molar-refractivity contribution >= 4 is 40.8 Å². The number of aryl methyl sites for hydroxylation is 1. The van der Waals surface area contributed by atoms with Gasteiger partial charge in [-0.3, -0.25) is 24.5 Å². The first kappa shape index (κ1) is 25.3. The zero-order chi connectivity index (χ0) is 25.7. The zero-order valence-corrected chi connectivity index (χ0v) is 19.5. The molecule has 1 atom stereocenters. The molecule has 0 aromatic heterocycles. The predicted molar refractivity (Wildman–Crippen MR) is 125 cm³/mol. The smallest absolute Gasteiger partial charge is 0.338 e.